The second-order valence-electron chi connectivity index (χ2n) is 5.74. The second kappa shape index (κ2) is 9.12. The van der Waals surface area contributed by atoms with Gasteiger partial charge in [-0.1, -0.05) is 29.8 Å². The highest BCUT2D eigenvalue weighted by Gasteiger charge is 2.15. The summed E-state index contributed by atoms with van der Waals surface area (Å²) in [5.41, 5.74) is 0.900. The Morgan fingerprint density at radius 1 is 1.15 bits per heavy atom. The summed E-state index contributed by atoms with van der Waals surface area (Å²) in [5, 5.41) is 0.331. The normalized spacial score (nSPS) is 11.3. The van der Waals surface area contributed by atoms with E-state index >= 15 is 0 Å². The lowest BCUT2D eigenvalue weighted by Crippen LogP contribution is -2.38. The van der Waals surface area contributed by atoms with Crippen molar-refractivity contribution in [3.05, 3.63) is 64.9 Å². The molecule has 0 fully saturated rings. The number of hydrogen-bond donors (Lipinski definition) is 1. The van der Waals surface area contributed by atoms with Gasteiger partial charge in [-0.2, -0.15) is 0 Å². The summed E-state index contributed by atoms with van der Waals surface area (Å²) in [6.07, 6.45) is 0.556. The zero-order valence-electron chi connectivity index (χ0n) is 14.3. The fraction of sp³-hybridized carbons (Fsp3) is 0.278. The van der Waals surface area contributed by atoms with Crippen LogP contribution in [0.4, 0.5) is 4.39 Å². The van der Waals surface area contributed by atoms with E-state index in [9.17, 15) is 17.6 Å². The first-order chi connectivity index (χ1) is 12.3. The first-order valence-corrected chi connectivity index (χ1v) is 9.89. The number of nitrogens with one attached hydrogen (secondary N) is 1. The van der Waals surface area contributed by atoms with Crippen LogP contribution in [0.1, 0.15) is 12.5 Å². The number of amides is 1. The Bertz CT molecular complexity index is 857. The quantitative estimate of drug-likeness (QED) is 0.743. The summed E-state index contributed by atoms with van der Waals surface area (Å²) in [7, 11) is -3.69. The number of nitrogens with zero attached hydrogens (tertiary/aromatic N) is 1. The summed E-state index contributed by atoms with van der Waals surface area (Å²) in [6.45, 7) is 2.16. The average molecular weight is 399 g/mol. The molecule has 0 spiro atoms. The van der Waals surface area contributed by atoms with Crippen LogP contribution < -0.4 is 4.72 Å². The minimum absolute atomic E-state index is 0.0747. The van der Waals surface area contributed by atoms with Crippen LogP contribution >= 0.6 is 11.6 Å². The van der Waals surface area contributed by atoms with Gasteiger partial charge in [-0.05, 0) is 42.3 Å². The molecule has 0 radical (unpaired) electrons. The van der Waals surface area contributed by atoms with Crippen LogP contribution in [0.3, 0.4) is 0 Å². The molecule has 0 saturated heterocycles. The lowest BCUT2D eigenvalue weighted by molar-refractivity contribution is -0.128. The van der Waals surface area contributed by atoms with E-state index < -0.39 is 10.0 Å². The van der Waals surface area contributed by atoms with Gasteiger partial charge >= 0.3 is 0 Å². The standard InChI is InChI=1S/C18H20ClFN2O3S/c1-14(23)22(11-9-15-5-7-17(20)8-6-15)12-10-21-26(24,25)18-4-2-3-16(19)13-18/h2-8,13,21H,9-12H2,1H3. The molecule has 0 saturated carbocycles. The Balaban J connectivity index is 1.90. The van der Waals surface area contributed by atoms with Crippen molar-refractivity contribution in [3.8, 4) is 0 Å². The van der Waals surface area contributed by atoms with Gasteiger partial charge in [-0.3, -0.25) is 4.79 Å². The maximum absolute atomic E-state index is 12.9. The Kier molecular flexibility index (Phi) is 7.14. The number of rotatable bonds is 8. The van der Waals surface area contributed by atoms with Gasteiger partial charge in [0.25, 0.3) is 0 Å². The Morgan fingerprint density at radius 3 is 2.46 bits per heavy atom. The number of halogens is 2. The number of carbonyl (C=O) groups is 1. The molecule has 2 aromatic carbocycles. The van der Waals surface area contributed by atoms with Crippen molar-refractivity contribution in [2.75, 3.05) is 19.6 Å². The van der Waals surface area contributed by atoms with Crippen molar-refractivity contribution in [3.63, 3.8) is 0 Å². The van der Waals surface area contributed by atoms with Gasteiger partial charge in [0.05, 0.1) is 4.90 Å². The largest absolute Gasteiger partial charge is 0.341 e. The highest BCUT2D eigenvalue weighted by Crippen LogP contribution is 2.15. The minimum Gasteiger partial charge on any atom is -0.341 e. The van der Waals surface area contributed by atoms with Crippen LogP contribution in [0.25, 0.3) is 0 Å². The molecular weight excluding hydrogens is 379 g/mol. The number of benzene rings is 2. The summed E-state index contributed by atoms with van der Waals surface area (Å²) in [6, 6.07) is 12.0. The molecule has 0 bridgehead atoms. The van der Waals surface area contributed by atoms with Gasteiger partial charge in [-0.25, -0.2) is 17.5 Å². The fourth-order valence-corrected chi connectivity index (χ4v) is 3.70. The average Bonchev–Trinajstić information content (AvgIpc) is 2.59. The third-order valence-electron chi connectivity index (χ3n) is 3.81. The van der Waals surface area contributed by atoms with Crippen LogP contribution in [0.15, 0.2) is 53.4 Å². The van der Waals surface area contributed by atoms with E-state index in [1.807, 2.05) is 0 Å². The van der Waals surface area contributed by atoms with Gasteiger partial charge in [0.2, 0.25) is 15.9 Å². The van der Waals surface area contributed by atoms with Gasteiger partial charge in [0.15, 0.2) is 0 Å². The van der Waals surface area contributed by atoms with Crippen LogP contribution in [0.5, 0.6) is 0 Å². The first kappa shape index (κ1) is 20.4. The predicted octanol–water partition coefficient (Wildman–Crippen LogP) is 2.85. The molecule has 8 heteroatoms. The number of carbonyl (C=O) groups excluding carboxylic acids is 1. The van der Waals surface area contributed by atoms with Crippen LogP contribution in [0.2, 0.25) is 5.02 Å². The lowest BCUT2D eigenvalue weighted by atomic mass is 10.1. The summed E-state index contributed by atoms with van der Waals surface area (Å²) >= 11 is 5.82. The van der Waals surface area contributed by atoms with Gasteiger partial charge < -0.3 is 4.90 Å². The van der Waals surface area contributed by atoms with E-state index in [0.717, 1.165) is 5.56 Å². The molecule has 1 N–H and O–H groups in total. The predicted molar refractivity (Wildman–Crippen MR) is 99.0 cm³/mol. The minimum atomic E-state index is -3.69. The molecule has 140 valence electrons. The van der Waals surface area contributed by atoms with Gasteiger partial charge in [-0.15, -0.1) is 0 Å². The maximum atomic E-state index is 12.9. The van der Waals surface area contributed by atoms with Gasteiger partial charge in [0.1, 0.15) is 5.82 Å². The molecule has 0 aromatic heterocycles. The Morgan fingerprint density at radius 2 is 1.85 bits per heavy atom. The van der Waals surface area contributed by atoms with Crippen molar-refractivity contribution < 1.29 is 17.6 Å². The first-order valence-electron chi connectivity index (χ1n) is 8.03. The molecule has 0 aliphatic rings. The molecular formula is C18H20ClFN2O3S. The van der Waals surface area contributed by atoms with Crippen molar-refractivity contribution in [2.45, 2.75) is 18.2 Å². The lowest BCUT2D eigenvalue weighted by Gasteiger charge is -2.21. The highest BCUT2D eigenvalue weighted by molar-refractivity contribution is 7.89. The van der Waals surface area contributed by atoms with E-state index in [2.05, 4.69) is 4.72 Å². The molecule has 1 amide bonds. The molecule has 0 heterocycles. The molecule has 2 aromatic rings. The van der Waals surface area contributed by atoms with Crippen molar-refractivity contribution in [1.82, 2.24) is 9.62 Å². The maximum Gasteiger partial charge on any atom is 0.240 e. The van der Waals surface area contributed by atoms with E-state index in [-0.39, 0.29) is 29.7 Å². The molecule has 0 aliphatic carbocycles. The van der Waals surface area contributed by atoms with Crippen LogP contribution in [-0.4, -0.2) is 38.9 Å². The third-order valence-corrected chi connectivity index (χ3v) is 5.50. The monoisotopic (exact) mass is 398 g/mol. The smallest absolute Gasteiger partial charge is 0.240 e. The molecule has 26 heavy (non-hydrogen) atoms. The number of sulfonamides is 1. The van der Waals surface area contributed by atoms with Gasteiger partial charge in [0, 0.05) is 31.6 Å². The zero-order chi connectivity index (χ0) is 19.2. The molecule has 0 unspecified atom stereocenters. The van der Waals surface area contributed by atoms with E-state index in [0.29, 0.717) is 18.0 Å². The second-order valence-corrected chi connectivity index (χ2v) is 7.94. The Hall–Kier alpha value is -1.96. The van der Waals surface area contributed by atoms with Crippen molar-refractivity contribution in [2.24, 2.45) is 0 Å². The van der Waals surface area contributed by atoms with Crippen molar-refractivity contribution in [1.29, 1.82) is 0 Å². The summed E-state index contributed by atoms with van der Waals surface area (Å²) in [5.74, 6) is -0.471. The SMILES string of the molecule is CC(=O)N(CCNS(=O)(=O)c1cccc(Cl)c1)CCc1ccc(F)cc1. The molecule has 0 atom stereocenters. The highest BCUT2D eigenvalue weighted by atomic mass is 35.5. The fourth-order valence-electron chi connectivity index (χ4n) is 2.37. The number of hydrogen-bond acceptors (Lipinski definition) is 3. The van der Waals surface area contributed by atoms with Crippen LogP contribution in [-0.2, 0) is 21.2 Å². The topological polar surface area (TPSA) is 66.5 Å². The summed E-state index contributed by atoms with van der Waals surface area (Å²) in [4.78, 5) is 13.4. The van der Waals surface area contributed by atoms with Crippen molar-refractivity contribution >= 4 is 27.5 Å². The Labute approximate surface area is 157 Å². The van der Waals surface area contributed by atoms with E-state index in [4.69, 9.17) is 11.6 Å². The zero-order valence-corrected chi connectivity index (χ0v) is 15.9. The van der Waals surface area contributed by atoms with E-state index in [1.54, 1.807) is 29.2 Å². The molecule has 2 rings (SSSR count). The third kappa shape index (κ3) is 6.09. The molecule has 0 aliphatic heterocycles. The van der Waals surface area contributed by atoms with Crippen LogP contribution in [0, 0.1) is 5.82 Å². The summed E-state index contributed by atoms with van der Waals surface area (Å²) < 4.78 is 39.9. The molecule has 5 nitrogen and oxygen atoms in total. The van der Waals surface area contributed by atoms with E-state index in [1.165, 1.54) is 31.2 Å².